The summed E-state index contributed by atoms with van der Waals surface area (Å²) in [5.74, 6) is -0.856. The minimum Gasteiger partial charge on any atom is -0.394 e. The standard InChI is InChI=1S/C23H45N9O10/c24-4-3-13(34)20(37)31-12-5-11(27)18(41-21-10(26)2-1-9(6-25)39-21)23(38,8-30-32-29)19(12)42-22-17(36)15(28)16(35)14(7-33)40-22/h9-19,21-22,33-36,38H,1-8,24-28H2,(H,31,37)/t9?,10?,11-,12+,13-,14?,15-,16-,17?,18?,19+,21-,22-,23?/m0/s1. The maximum Gasteiger partial charge on any atom is 0.249 e. The number of amides is 1. The molecule has 42 heavy (non-hydrogen) atoms. The molecule has 3 aliphatic rings. The molecule has 2 heterocycles. The SMILES string of the molecule is [N-]=[N+]=NCC1(O)C(O[C@@H]2OC(CN)CCC2N)[C@@H](N)C[C@@H](NC(=O)[C@@H](O)CCN)[C@H]1O[C@@H]1OC(CO)[C@H](O)[C@H](N)C1O. The smallest absolute Gasteiger partial charge is 0.249 e. The highest BCUT2D eigenvalue weighted by atomic mass is 16.7. The van der Waals surface area contributed by atoms with Crippen molar-refractivity contribution in [2.45, 2.75) is 111 Å². The predicted molar refractivity (Wildman–Crippen MR) is 144 cm³/mol. The molecule has 3 rings (SSSR count). The molecule has 0 aromatic heterocycles. The maximum atomic E-state index is 12.8. The molecule has 6 unspecified atom stereocenters. The molecule has 0 bridgehead atoms. The van der Waals surface area contributed by atoms with Gasteiger partial charge in [0.1, 0.15) is 42.2 Å². The van der Waals surface area contributed by atoms with Crippen LogP contribution in [0.3, 0.4) is 0 Å². The number of nitrogens with one attached hydrogen (secondary N) is 1. The highest BCUT2D eigenvalue weighted by molar-refractivity contribution is 5.80. The second kappa shape index (κ2) is 15.3. The summed E-state index contributed by atoms with van der Waals surface area (Å²) in [4.78, 5) is 15.6. The lowest BCUT2D eigenvalue weighted by atomic mass is 9.73. The monoisotopic (exact) mass is 607 g/mol. The number of nitrogens with zero attached hydrogens (tertiary/aromatic N) is 3. The van der Waals surface area contributed by atoms with Crippen molar-refractivity contribution in [2.75, 3.05) is 26.2 Å². The topological polar surface area (TPSA) is 346 Å². The molecule has 2 saturated heterocycles. The van der Waals surface area contributed by atoms with Crippen LogP contribution in [0.25, 0.3) is 10.4 Å². The Morgan fingerprint density at radius 2 is 1.79 bits per heavy atom. The number of azide groups is 1. The third-order valence-corrected chi connectivity index (χ3v) is 7.98. The van der Waals surface area contributed by atoms with Gasteiger partial charge in [0.05, 0.1) is 37.4 Å². The summed E-state index contributed by atoms with van der Waals surface area (Å²) < 4.78 is 23.6. The number of nitrogens with two attached hydrogens (primary N) is 5. The number of aliphatic hydroxyl groups is 5. The number of hydrogen-bond acceptors (Lipinski definition) is 16. The van der Waals surface area contributed by atoms with Crippen molar-refractivity contribution < 1.29 is 49.3 Å². The Balaban J connectivity index is 2.01. The first-order valence-electron chi connectivity index (χ1n) is 13.9. The van der Waals surface area contributed by atoms with Crippen LogP contribution in [0.15, 0.2) is 5.11 Å². The van der Waals surface area contributed by atoms with Gasteiger partial charge in [-0.15, -0.1) is 0 Å². The summed E-state index contributed by atoms with van der Waals surface area (Å²) in [5, 5.41) is 59.2. The van der Waals surface area contributed by atoms with E-state index in [4.69, 9.17) is 53.1 Å². The zero-order valence-electron chi connectivity index (χ0n) is 23.2. The minimum atomic E-state index is -2.32. The van der Waals surface area contributed by atoms with Crippen molar-refractivity contribution in [1.82, 2.24) is 5.32 Å². The van der Waals surface area contributed by atoms with E-state index in [9.17, 15) is 30.3 Å². The number of carbonyl (C=O) groups excluding carboxylic acids is 1. The Morgan fingerprint density at radius 3 is 2.40 bits per heavy atom. The van der Waals surface area contributed by atoms with Crippen LogP contribution in [0, 0.1) is 0 Å². The lowest BCUT2D eigenvalue weighted by Crippen LogP contribution is -2.75. The number of hydrogen-bond donors (Lipinski definition) is 11. The Hall–Kier alpha value is -1.78. The van der Waals surface area contributed by atoms with Crippen molar-refractivity contribution in [3.05, 3.63) is 10.4 Å². The quantitative estimate of drug-likeness (QED) is 0.0559. The van der Waals surface area contributed by atoms with E-state index < -0.39 is 98.0 Å². The van der Waals surface area contributed by atoms with Gasteiger partial charge in [0.2, 0.25) is 5.91 Å². The molecular weight excluding hydrogens is 562 g/mol. The number of ether oxygens (including phenoxy) is 4. The van der Waals surface area contributed by atoms with E-state index in [1.165, 1.54) is 0 Å². The van der Waals surface area contributed by atoms with E-state index in [1.54, 1.807) is 0 Å². The van der Waals surface area contributed by atoms with Crippen LogP contribution in [-0.2, 0) is 23.7 Å². The molecule has 0 radical (unpaired) electrons. The van der Waals surface area contributed by atoms with Crippen LogP contribution >= 0.6 is 0 Å². The van der Waals surface area contributed by atoms with Gasteiger partial charge in [-0.2, -0.15) is 0 Å². The molecule has 16 N–H and O–H groups in total. The zero-order valence-corrected chi connectivity index (χ0v) is 23.2. The van der Waals surface area contributed by atoms with Crippen LogP contribution in [0.2, 0.25) is 0 Å². The second-order valence-electron chi connectivity index (χ2n) is 11.0. The molecule has 1 saturated carbocycles. The highest BCUT2D eigenvalue weighted by Crippen LogP contribution is 2.38. The van der Waals surface area contributed by atoms with Gasteiger partial charge in [0.25, 0.3) is 0 Å². The maximum absolute atomic E-state index is 12.8. The average Bonchev–Trinajstić information content (AvgIpc) is 2.97. The molecular formula is C23H45N9O10. The lowest BCUT2D eigenvalue weighted by molar-refractivity contribution is -0.331. The largest absolute Gasteiger partial charge is 0.394 e. The number of carbonyl (C=O) groups is 1. The molecule has 0 spiro atoms. The van der Waals surface area contributed by atoms with Crippen LogP contribution in [-0.4, -0.2) is 143 Å². The van der Waals surface area contributed by atoms with Gasteiger partial charge < -0.3 is 78.5 Å². The molecule has 3 fully saturated rings. The van der Waals surface area contributed by atoms with E-state index in [1.807, 2.05) is 0 Å². The molecule has 19 nitrogen and oxygen atoms in total. The molecule has 19 heteroatoms. The highest BCUT2D eigenvalue weighted by Gasteiger charge is 2.59. The van der Waals surface area contributed by atoms with E-state index in [2.05, 4.69) is 15.3 Å². The normalized spacial score (nSPS) is 43.3. The second-order valence-corrected chi connectivity index (χ2v) is 11.0. The predicted octanol–water partition coefficient (Wildman–Crippen LogP) is -5.72. The Morgan fingerprint density at radius 1 is 1.10 bits per heavy atom. The van der Waals surface area contributed by atoms with Crippen LogP contribution in [0.5, 0.6) is 0 Å². The summed E-state index contributed by atoms with van der Waals surface area (Å²) in [6, 6.07) is -4.17. The van der Waals surface area contributed by atoms with Crippen LogP contribution in [0.1, 0.15) is 25.7 Å². The Kier molecular flexibility index (Phi) is 12.6. The molecule has 1 aliphatic carbocycles. The third-order valence-electron chi connectivity index (χ3n) is 7.98. The Labute approximate surface area is 242 Å². The van der Waals surface area contributed by atoms with Gasteiger partial charge in [-0.25, -0.2) is 0 Å². The van der Waals surface area contributed by atoms with Gasteiger partial charge in [0.15, 0.2) is 12.6 Å². The fourth-order valence-corrected chi connectivity index (χ4v) is 5.58. The van der Waals surface area contributed by atoms with Crippen LogP contribution < -0.4 is 34.0 Å². The van der Waals surface area contributed by atoms with Gasteiger partial charge >= 0.3 is 0 Å². The fourth-order valence-electron chi connectivity index (χ4n) is 5.58. The van der Waals surface area contributed by atoms with Crippen LogP contribution in [0.4, 0.5) is 0 Å². The summed E-state index contributed by atoms with van der Waals surface area (Å²) in [7, 11) is 0. The van der Waals surface area contributed by atoms with Crippen molar-refractivity contribution >= 4 is 5.91 Å². The molecule has 2 aliphatic heterocycles. The fraction of sp³-hybridized carbons (Fsp3) is 0.957. The molecule has 1 amide bonds. The van der Waals surface area contributed by atoms with Gasteiger partial charge in [-0.3, -0.25) is 4.79 Å². The van der Waals surface area contributed by atoms with Gasteiger partial charge in [-0.05, 0) is 37.8 Å². The minimum absolute atomic E-state index is 0.00569. The first kappa shape index (κ1) is 34.7. The van der Waals surface area contributed by atoms with E-state index in [0.717, 1.165) is 0 Å². The van der Waals surface area contributed by atoms with E-state index in [-0.39, 0.29) is 32.0 Å². The number of aliphatic hydroxyl groups excluding tert-OH is 4. The van der Waals surface area contributed by atoms with Crippen molar-refractivity contribution in [1.29, 1.82) is 0 Å². The van der Waals surface area contributed by atoms with Gasteiger partial charge in [0, 0.05) is 17.5 Å². The first-order chi connectivity index (χ1) is 19.9. The van der Waals surface area contributed by atoms with Gasteiger partial charge in [-0.1, -0.05) is 5.11 Å². The molecule has 242 valence electrons. The molecule has 14 atom stereocenters. The average molecular weight is 608 g/mol. The van der Waals surface area contributed by atoms with E-state index >= 15 is 0 Å². The number of rotatable bonds is 12. The summed E-state index contributed by atoms with van der Waals surface area (Å²) in [6.45, 7) is -1.19. The Bertz CT molecular complexity index is 933. The summed E-state index contributed by atoms with van der Waals surface area (Å²) in [6.07, 6.45) is -11.1. The van der Waals surface area contributed by atoms with Crippen molar-refractivity contribution in [2.24, 2.45) is 33.8 Å². The first-order valence-corrected chi connectivity index (χ1v) is 13.9. The van der Waals surface area contributed by atoms with Crippen molar-refractivity contribution in [3.63, 3.8) is 0 Å². The van der Waals surface area contributed by atoms with Crippen molar-refractivity contribution in [3.8, 4) is 0 Å². The molecule has 0 aromatic carbocycles. The molecule has 0 aromatic rings. The third kappa shape index (κ3) is 7.65. The summed E-state index contributed by atoms with van der Waals surface area (Å²) in [5.41, 5.74) is 36.7. The van der Waals surface area contributed by atoms with E-state index in [0.29, 0.717) is 12.8 Å². The summed E-state index contributed by atoms with van der Waals surface area (Å²) >= 11 is 0. The lowest BCUT2D eigenvalue weighted by Gasteiger charge is -2.53. The zero-order chi connectivity index (χ0) is 31.2.